The predicted octanol–water partition coefficient (Wildman–Crippen LogP) is 1.20. The number of nitrogens with one attached hydrogen (secondary N) is 1. The zero-order valence-corrected chi connectivity index (χ0v) is 16.2. The summed E-state index contributed by atoms with van der Waals surface area (Å²) in [4.78, 5) is 25.9. The van der Waals surface area contributed by atoms with Crippen LogP contribution in [0, 0.1) is 11.8 Å². The van der Waals surface area contributed by atoms with Gasteiger partial charge in [0.1, 0.15) is 11.9 Å². The minimum absolute atomic E-state index is 0.159. The van der Waals surface area contributed by atoms with E-state index in [0.717, 1.165) is 19.5 Å². The first-order chi connectivity index (χ1) is 13.5. The van der Waals surface area contributed by atoms with Gasteiger partial charge in [0, 0.05) is 19.1 Å². The number of aliphatic hydroxyl groups is 1. The molecule has 0 bridgehead atoms. The molecule has 2 saturated carbocycles. The molecule has 0 aromatic heterocycles. The minimum atomic E-state index is -0.554. The number of carbonyl (C=O) groups excluding carboxylic acids is 2. The average molecular weight is 388 g/mol. The molecule has 0 radical (unpaired) electrons. The highest BCUT2D eigenvalue weighted by Crippen LogP contribution is 2.38. The molecule has 28 heavy (non-hydrogen) atoms. The fourth-order valence-electron chi connectivity index (χ4n) is 4.31. The van der Waals surface area contributed by atoms with Gasteiger partial charge in [-0.3, -0.25) is 4.79 Å². The summed E-state index contributed by atoms with van der Waals surface area (Å²) in [5.74, 6) is 1.08. The Balaban J connectivity index is 1.32. The maximum absolute atomic E-state index is 12.4. The second kappa shape index (κ2) is 8.09. The van der Waals surface area contributed by atoms with E-state index in [1.165, 1.54) is 20.0 Å². The van der Waals surface area contributed by atoms with Crippen molar-refractivity contribution in [1.29, 1.82) is 0 Å². The molecule has 2 N–H and O–H groups in total. The molecule has 1 aromatic rings. The molecule has 3 aliphatic rings. The van der Waals surface area contributed by atoms with Gasteiger partial charge in [-0.05, 0) is 61.8 Å². The highest BCUT2D eigenvalue weighted by atomic mass is 16.5. The van der Waals surface area contributed by atoms with Crippen LogP contribution in [0.2, 0.25) is 0 Å². The smallest absolute Gasteiger partial charge is 0.337 e. The lowest BCUT2D eigenvalue weighted by atomic mass is 9.78. The summed E-state index contributed by atoms with van der Waals surface area (Å²) >= 11 is 0. The standard InChI is InChI=1S/C21H28N2O5/c1-27-21(26)13-2-6-17(7-3-13)28-19-9-15-12-23(11-14(15)8-18(19)24)20(25)10-22-16-4-5-16/h2-3,6-7,14-16,18-19,22,24H,4-5,8-12H2,1H3/t14-,15+,18+,19+/m0/s1. The van der Waals surface area contributed by atoms with Crippen molar-refractivity contribution in [2.45, 2.75) is 43.9 Å². The van der Waals surface area contributed by atoms with Crippen LogP contribution in [0.5, 0.6) is 5.75 Å². The van der Waals surface area contributed by atoms with Crippen molar-refractivity contribution >= 4 is 11.9 Å². The van der Waals surface area contributed by atoms with Crippen LogP contribution in [0.25, 0.3) is 0 Å². The number of methoxy groups -OCH3 is 1. The average Bonchev–Trinajstić information content (AvgIpc) is 3.45. The zero-order valence-electron chi connectivity index (χ0n) is 16.2. The Kier molecular flexibility index (Phi) is 5.55. The van der Waals surface area contributed by atoms with E-state index in [2.05, 4.69) is 5.32 Å². The third-order valence-corrected chi connectivity index (χ3v) is 6.12. The van der Waals surface area contributed by atoms with E-state index in [0.29, 0.717) is 42.2 Å². The van der Waals surface area contributed by atoms with Gasteiger partial charge in [-0.1, -0.05) is 0 Å². The number of likely N-dealkylation sites (tertiary alicyclic amines) is 1. The molecule has 1 amide bonds. The van der Waals surface area contributed by atoms with Gasteiger partial charge in [0.2, 0.25) is 5.91 Å². The molecule has 7 heteroatoms. The first kappa shape index (κ1) is 19.2. The quantitative estimate of drug-likeness (QED) is 0.712. The number of nitrogens with zero attached hydrogens (tertiary/aromatic N) is 1. The SMILES string of the molecule is COC(=O)c1ccc(O[C@@H]2C[C@@H]3CN(C(=O)CNC4CC4)C[C@@H]3C[C@H]2O)cc1. The molecule has 1 saturated heterocycles. The number of benzene rings is 1. The van der Waals surface area contributed by atoms with Crippen molar-refractivity contribution in [3.8, 4) is 5.75 Å². The highest BCUT2D eigenvalue weighted by molar-refractivity contribution is 5.89. The van der Waals surface area contributed by atoms with Crippen LogP contribution in [0.3, 0.4) is 0 Å². The Labute approximate surface area is 165 Å². The van der Waals surface area contributed by atoms with E-state index in [-0.39, 0.29) is 18.0 Å². The van der Waals surface area contributed by atoms with Gasteiger partial charge >= 0.3 is 5.97 Å². The van der Waals surface area contributed by atoms with Gasteiger partial charge in [-0.15, -0.1) is 0 Å². The van der Waals surface area contributed by atoms with E-state index in [1.54, 1.807) is 24.3 Å². The van der Waals surface area contributed by atoms with Crippen molar-refractivity contribution in [3.63, 3.8) is 0 Å². The van der Waals surface area contributed by atoms with Crippen LogP contribution >= 0.6 is 0 Å². The van der Waals surface area contributed by atoms with Crippen molar-refractivity contribution < 1.29 is 24.2 Å². The van der Waals surface area contributed by atoms with Crippen molar-refractivity contribution in [2.75, 3.05) is 26.7 Å². The summed E-state index contributed by atoms with van der Waals surface area (Å²) < 4.78 is 10.7. The van der Waals surface area contributed by atoms with Crippen LogP contribution in [-0.4, -0.2) is 66.9 Å². The van der Waals surface area contributed by atoms with Gasteiger partial charge in [0.15, 0.2) is 0 Å². The maximum Gasteiger partial charge on any atom is 0.337 e. The highest BCUT2D eigenvalue weighted by Gasteiger charge is 2.43. The molecule has 3 fully saturated rings. The molecule has 0 spiro atoms. The number of aliphatic hydroxyl groups excluding tert-OH is 1. The molecular weight excluding hydrogens is 360 g/mol. The minimum Gasteiger partial charge on any atom is -0.488 e. The third kappa shape index (κ3) is 4.31. The molecule has 2 aliphatic carbocycles. The molecule has 1 aliphatic heterocycles. The predicted molar refractivity (Wildman–Crippen MR) is 102 cm³/mol. The summed E-state index contributed by atoms with van der Waals surface area (Å²) in [6, 6.07) is 7.28. The lowest BCUT2D eigenvalue weighted by Crippen LogP contribution is -2.42. The number of rotatable bonds is 6. The Morgan fingerprint density at radius 2 is 1.82 bits per heavy atom. The molecule has 0 unspecified atom stereocenters. The number of ether oxygens (including phenoxy) is 2. The van der Waals surface area contributed by atoms with E-state index >= 15 is 0 Å². The number of esters is 1. The summed E-state index contributed by atoms with van der Waals surface area (Å²) in [7, 11) is 1.35. The van der Waals surface area contributed by atoms with Crippen LogP contribution in [-0.2, 0) is 9.53 Å². The summed E-state index contributed by atoms with van der Waals surface area (Å²) in [6.45, 7) is 1.89. The van der Waals surface area contributed by atoms with Crippen LogP contribution in [0.15, 0.2) is 24.3 Å². The van der Waals surface area contributed by atoms with Gasteiger partial charge in [-0.2, -0.15) is 0 Å². The van der Waals surface area contributed by atoms with E-state index in [1.807, 2.05) is 4.90 Å². The molecule has 1 heterocycles. The number of amides is 1. The monoisotopic (exact) mass is 388 g/mol. The molecule has 4 atom stereocenters. The zero-order chi connectivity index (χ0) is 19.7. The van der Waals surface area contributed by atoms with Crippen LogP contribution in [0.1, 0.15) is 36.0 Å². The van der Waals surface area contributed by atoms with Gasteiger partial charge in [0.05, 0.1) is 25.3 Å². The van der Waals surface area contributed by atoms with E-state index in [4.69, 9.17) is 9.47 Å². The molecule has 4 rings (SSSR count). The fourth-order valence-corrected chi connectivity index (χ4v) is 4.31. The largest absolute Gasteiger partial charge is 0.488 e. The van der Waals surface area contributed by atoms with Crippen molar-refractivity contribution in [3.05, 3.63) is 29.8 Å². The Morgan fingerprint density at radius 1 is 1.14 bits per heavy atom. The van der Waals surface area contributed by atoms with Crippen LogP contribution in [0.4, 0.5) is 0 Å². The van der Waals surface area contributed by atoms with Crippen molar-refractivity contribution in [1.82, 2.24) is 10.2 Å². The number of carbonyl (C=O) groups is 2. The summed E-state index contributed by atoms with van der Waals surface area (Å²) in [5.41, 5.74) is 0.462. The lowest BCUT2D eigenvalue weighted by molar-refractivity contribution is -0.129. The Hall–Kier alpha value is -2.12. The first-order valence-electron chi connectivity index (χ1n) is 10.1. The fraction of sp³-hybridized carbons (Fsp3) is 0.619. The third-order valence-electron chi connectivity index (χ3n) is 6.12. The van der Waals surface area contributed by atoms with Gasteiger partial charge in [-0.25, -0.2) is 4.79 Å². The molecule has 1 aromatic carbocycles. The Bertz CT molecular complexity index is 718. The van der Waals surface area contributed by atoms with E-state index < -0.39 is 6.10 Å². The number of fused-ring (bicyclic) bond motifs is 1. The normalized spacial score (nSPS) is 29.3. The first-order valence-corrected chi connectivity index (χ1v) is 10.1. The number of hydrogen-bond acceptors (Lipinski definition) is 6. The van der Waals surface area contributed by atoms with E-state index in [9.17, 15) is 14.7 Å². The summed E-state index contributed by atoms with van der Waals surface area (Å²) in [5, 5.41) is 13.8. The van der Waals surface area contributed by atoms with Crippen LogP contribution < -0.4 is 10.1 Å². The van der Waals surface area contributed by atoms with Gasteiger partial charge < -0.3 is 24.8 Å². The molecular formula is C21H28N2O5. The second-order valence-corrected chi connectivity index (χ2v) is 8.19. The van der Waals surface area contributed by atoms with Gasteiger partial charge in [0.25, 0.3) is 0 Å². The molecule has 152 valence electrons. The lowest BCUT2D eigenvalue weighted by Gasteiger charge is -2.35. The number of hydrogen-bond donors (Lipinski definition) is 2. The Morgan fingerprint density at radius 3 is 2.46 bits per heavy atom. The maximum atomic E-state index is 12.4. The summed E-state index contributed by atoms with van der Waals surface area (Å²) in [6.07, 6.45) is 2.86. The van der Waals surface area contributed by atoms with Crippen molar-refractivity contribution in [2.24, 2.45) is 11.8 Å². The molecule has 7 nitrogen and oxygen atoms in total. The second-order valence-electron chi connectivity index (χ2n) is 8.19. The topological polar surface area (TPSA) is 88.1 Å².